The Balaban J connectivity index is 2.42. The Labute approximate surface area is 117 Å². The van der Waals surface area contributed by atoms with Crippen LogP contribution in [0.3, 0.4) is 0 Å². The molecule has 0 heterocycles. The summed E-state index contributed by atoms with van der Waals surface area (Å²) in [5.41, 5.74) is 2.26. The van der Waals surface area contributed by atoms with Crippen LogP contribution in [0.2, 0.25) is 0 Å². The zero-order valence-electron chi connectivity index (χ0n) is 11.2. The minimum atomic E-state index is -0.420. The minimum Gasteiger partial charge on any atom is -0.491 e. The molecule has 1 N–H and O–H groups in total. The molecule has 0 bridgehead atoms. The lowest BCUT2D eigenvalue weighted by Crippen LogP contribution is -2.05. The second-order valence-electron chi connectivity index (χ2n) is 4.18. The molecule has 0 radical (unpaired) electrons. The molecule has 0 aliphatic carbocycles. The molecule has 2 aromatic carbocycles. The van der Waals surface area contributed by atoms with Gasteiger partial charge in [-0.2, -0.15) is 0 Å². The third kappa shape index (κ3) is 3.36. The van der Waals surface area contributed by atoms with Gasteiger partial charge in [-0.05, 0) is 29.3 Å². The maximum atomic E-state index is 11.7. The zero-order chi connectivity index (χ0) is 14.4. The van der Waals surface area contributed by atoms with Gasteiger partial charge in [0.25, 0.3) is 0 Å². The van der Waals surface area contributed by atoms with Crippen LogP contribution in [0, 0.1) is 0 Å². The summed E-state index contributed by atoms with van der Waals surface area (Å²) in [4.78, 5) is 11.7. The summed E-state index contributed by atoms with van der Waals surface area (Å²) in [5.74, 6) is 0.109. The fourth-order valence-electron chi connectivity index (χ4n) is 1.88. The van der Waals surface area contributed by atoms with E-state index in [2.05, 4.69) is 0 Å². The number of aliphatic hydroxyl groups is 1. The average molecular weight is 272 g/mol. The van der Waals surface area contributed by atoms with Crippen LogP contribution in [0.15, 0.2) is 48.5 Å². The summed E-state index contributed by atoms with van der Waals surface area (Å²) >= 11 is 0. The first-order valence-corrected chi connectivity index (χ1v) is 6.27. The van der Waals surface area contributed by atoms with E-state index in [1.54, 1.807) is 12.1 Å². The van der Waals surface area contributed by atoms with E-state index >= 15 is 0 Å². The Morgan fingerprint density at radius 3 is 2.50 bits per heavy atom. The molecule has 0 fully saturated rings. The first-order valence-electron chi connectivity index (χ1n) is 6.27. The normalized spacial score (nSPS) is 10.1. The molecule has 0 amide bonds. The Morgan fingerprint density at radius 1 is 1.10 bits per heavy atom. The van der Waals surface area contributed by atoms with Crippen LogP contribution < -0.4 is 4.74 Å². The van der Waals surface area contributed by atoms with Crippen molar-refractivity contribution in [3.05, 3.63) is 54.1 Å². The number of carbonyl (C=O) groups excluding carboxylic acids is 1. The Kier molecular flexibility index (Phi) is 4.74. The summed E-state index contributed by atoms with van der Waals surface area (Å²) < 4.78 is 10.1. The third-order valence-electron chi connectivity index (χ3n) is 2.79. The van der Waals surface area contributed by atoms with Crippen molar-refractivity contribution in [1.29, 1.82) is 0 Å². The van der Waals surface area contributed by atoms with Crippen LogP contribution in [0.5, 0.6) is 5.75 Å². The van der Waals surface area contributed by atoms with Crippen molar-refractivity contribution in [2.75, 3.05) is 20.3 Å². The van der Waals surface area contributed by atoms with Gasteiger partial charge in [0.15, 0.2) is 0 Å². The highest BCUT2D eigenvalue weighted by atomic mass is 16.5. The molecule has 2 aromatic rings. The van der Waals surface area contributed by atoms with Gasteiger partial charge in [0.05, 0.1) is 19.3 Å². The van der Waals surface area contributed by atoms with E-state index in [4.69, 9.17) is 14.6 Å². The molecule has 0 saturated carbocycles. The van der Waals surface area contributed by atoms with E-state index in [0.29, 0.717) is 11.3 Å². The number of hydrogen-bond donors (Lipinski definition) is 1. The molecule has 0 saturated heterocycles. The van der Waals surface area contributed by atoms with E-state index in [-0.39, 0.29) is 13.2 Å². The summed E-state index contributed by atoms with van der Waals surface area (Å²) in [6.07, 6.45) is 0. The molecule has 0 aromatic heterocycles. The quantitative estimate of drug-likeness (QED) is 0.850. The van der Waals surface area contributed by atoms with E-state index in [1.165, 1.54) is 7.11 Å². The lowest BCUT2D eigenvalue weighted by molar-refractivity contribution is 0.0600. The number of aliphatic hydroxyl groups excluding tert-OH is 1. The van der Waals surface area contributed by atoms with E-state index in [9.17, 15) is 4.79 Å². The fraction of sp³-hybridized carbons (Fsp3) is 0.188. The number of esters is 1. The molecular weight excluding hydrogens is 256 g/mol. The standard InChI is InChI=1S/C16H16O4/c1-19-16(18)14-9-13(12-5-3-2-4-6-12)10-15(11-14)20-8-7-17/h2-6,9-11,17H,7-8H2,1H3. The SMILES string of the molecule is COC(=O)c1cc(OCCO)cc(-c2ccccc2)c1. The molecule has 4 heteroatoms. The summed E-state index contributed by atoms with van der Waals surface area (Å²) in [7, 11) is 1.34. The molecular formula is C16H16O4. The minimum absolute atomic E-state index is 0.0802. The average Bonchev–Trinajstić information content (AvgIpc) is 2.52. The van der Waals surface area contributed by atoms with Crippen molar-refractivity contribution in [3.8, 4) is 16.9 Å². The summed E-state index contributed by atoms with van der Waals surface area (Å²) in [6, 6.07) is 14.9. The molecule has 2 rings (SSSR count). The lowest BCUT2D eigenvalue weighted by atomic mass is 10.0. The monoisotopic (exact) mass is 272 g/mol. The van der Waals surface area contributed by atoms with Crippen molar-refractivity contribution in [3.63, 3.8) is 0 Å². The highest BCUT2D eigenvalue weighted by Gasteiger charge is 2.10. The zero-order valence-corrected chi connectivity index (χ0v) is 11.2. The van der Waals surface area contributed by atoms with Crippen LogP contribution in [-0.4, -0.2) is 31.4 Å². The number of ether oxygens (including phenoxy) is 2. The molecule has 20 heavy (non-hydrogen) atoms. The van der Waals surface area contributed by atoms with E-state index in [0.717, 1.165) is 11.1 Å². The van der Waals surface area contributed by atoms with E-state index < -0.39 is 5.97 Å². The maximum Gasteiger partial charge on any atom is 0.338 e. The molecule has 0 spiro atoms. The van der Waals surface area contributed by atoms with Crippen LogP contribution in [-0.2, 0) is 4.74 Å². The van der Waals surface area contributed by atoms with Crippen molar-refractivity contribution in [2.45, 2.75) is 0 Å². The lowest BCUT2D eigenvalue weighted by Gasteiger charge is -2.10. The van der Waals surface area contributed by atoms with Gasteiger partial charge >= 0.3 is 5.97 Å². The van der Waals surface area contributed by atoms with E-state index in [1.807, 2.05) is 36.4 Å². The first kappa shape index (κ1) is 14.1. The van der Waals surface area contributed by atoms with Crippen LogP contribution >= 0.6 is 0 Å². The largest absolute Gasteiger partial charge is 0.491 e. The van der Waals surface area contributed by atoms with Gasteiger partial charge in [0.1, 0.15) is 12.4 Å². The predicted molar refractivity (Wildman–Crippen MR) is 75.8 cm³/mol. The number of rotatable bonds is 5. The van der Waals surface area contributed by atoms with Gasteiger partial charge in [-0.15, -0.1) is 0 Å². The van der Waals surface area contributed by atoms with Crippen molar-refractivity contribution in [2.24, 2.45) is 0 Å². The van der Waals surface area contributed by atoms with Crippen molar-refractivity contribution in [1.82, 2.24) is 0 Å². The van der Waals surface area contributed by atoms with Gasteiger partial charge in [0, 0.05) is 0 Å². The molecule has 0 unspecified atom stereocenters. The molecule has 0 aliphatic rings. The number of methoxy groups -OCH3 is 1. The Morgan fingerprint density at radius 2 is 1.85 bits per heavy atom. The number of carbonyl (C=O) groups is 1. The molecule has 0 aliphatic heterocycles. The second kappa shape index (κ2) is 6.73. The molecule has 4 nitrogen and oxygen atoms in total. The van der Waals surface area contributed by atoms with Gasteiger partial charge in [0.2, 0.25) is 0 Å². The molecule has 0 atom stereocenters. The predicted octanol–water partition coefficient (Wildman–Crippen LogP) is 2.51. The summed E-state index contributed by atoms with van der Waals surface area (Å²) in [6.45, 7) is 0.0992. The highest BCUT2D eigenvalue weighted by molar-refractivity contribution is 5.91. The Bertz CT molecular complexity index is 578. The fourth-order valence-corrected chi connectivity index (χ4v) is 1.88. The van der Waals surface area contributed by atoms with Crippen molar-refractivity contribution < 1.29 is 19.4 Å². The van der Waals surface area contributed by atoms with Crippen LogP contribution in [0.4, 0.5) is 0 Å². The topological polar surface area (TPSA) is 55.8 Å². The van der Waals surface area contributed by atoms with Gasteiger partial charge < -0.3 is 14.6 Å². The van der Waals surface area contributed by atoms with Crippen LogP contribution in [0.1, 0.15) is 10.4 Å². The van der Waals surface area contributed by atoms with Gasteiger partial charge in [-0.25, -0.2) is 4.79 Å². The van der Waals surface area contributed by atoms with Gasteiger partial charge in [-0.3, -0.25) is 0 Å². The Hall–Kier alpha value is -2.33. The maximum absolute atomic E-state index is 11.7. The number of benzene rings is 2. The smallest absolute Gasteiger partial charge is 0.338 e. The van der Waals surface area contributed by atoms with Crippen LogP contribution in [0.25, 0.3) is 11.1 Å². The van der Waals surface area contributed by atoms with Crippen molar-refractivity contribution >= 4 is 5.97 Å². The van der Waals surface area contributed by atoms with Gasteiger partial charge in [-0.1, -0.05) is 30.3 Å². The number of hydrogen-bond acceptors (Lipinski definition) is 4. The second-order valence-corrected chi connectivity index (χ2v) is 4.18. The highest BCUT2D eigenvalue weighted by Crippen LogP contribution is 2.26. The first-order chi connectivity index (χ1) is 9.74. The summed E-state index contributed by atoms with van der Waals surface area (Å²) in [5, 5.41) is 8.82. The molecule has 104 valence electrons. The third-order valence-corrected chi connectivity index (χ3v) is 2.79.